The lowest BCUT2D eigenvalue weighted by atomic mass is 10.0. The Morgan fingerprint density at radius 2 is 2.19 bits per heavy atom. The number of likely N-dealkylation sites (N-methyl/N-ethyl adjacent to an activating group) is 1. The van der Waals surface area contributed by atoms with Gasteiger partial charge in [-0.25, -0.2) is 15.0 Å². The van der Waals surface area contributed by atoms with Crippen molar-refractivity contribution in [2.24, 2.45) is 0 Å². The minimum atomic E-state index is -1.63. The first-order valence-electron chi connectivity index (χ1n) is 8.88. The van der Waals surface area contributed by atoms with Gasteiger partial charge in [0.05, 0.1) is 11.2 Å². The molecule has 7 nitrogen and oxygen atoms in total. The number of anilines is 1. The Hall–Kier alpha value is -3.50. The number of amides is 1. The van der Waals surface area contributed by atoms with Crippen LogP contribution in [0.1, 0.15) is 13.4 Å². The van der Waals surface area contributed by atoms with E-state index < -0.39 is 5.60 Å². The van der Waals surface area contributed by atoms with Crippen molar-refractivity contribution in [3.8, 4) is 23.1 Å². The predicted octanol–water partition coefficient (Wildman–Crippen LogP) is 1.22. The molecule has 0 saturated carbocycles. The quantitative estimate of drug-likeness (QED) is 0.632. The largest absolute Gasteiger partial charge is 0.382 e. The number of benzene rings is 1. The van der Waals surface area contributed by atoms with Crippen LogP contribution in [0.4, 0.5) is 5.82 Å². The first-order valence-corrected chi connectivity index (χ1v) is 8.38. The van der Waals surface area contributed by atoms with Crippen molar-refractivity contribution in [1.29, 1.82) is 0 Å². The second kappa shape index (κ2) is 6.34. The predicted molar refractivity (Wildman–Crippen MR) is 101 cm³/mol. The molecule has 0 spiro atoms. The maximum atomic E-state index is 12.0. The molecule has 1 amide bonds. The van der Waals surface area contributed by atoms with Gasteiger partial charge in [0.1, 0.15) is 13.2 Å². The molecule has 0 unspecified atom stereocenters. The van der Waals surface area contributed by atoms with Crippen LogP contribution in [0.2, 0.25) is 0 Å². The van der Waals surface area contributed by atoms with Crippen molar-refractivity contribution < 1.29 is 11.3 Å². The molecule has 1 saturated heterocycles. The van der Waals surface area contributed by atoms with E-state index in [9.17, 15) is 9.90 Å². The summed E-state index contributed by atoms with van der Waals surface area (Å²) in [5.74, 6) is 5.38. The summed E-state index contributed by atoms with van der Waals surface area (Å²) >= 11 is 0. The number of nitrogens with zero attached hydrogens (tertiary/aromatic N) is 4. The minimum Gasteiger partial charge on any atom is -0.382 e. The van der Waals surface area contributed by atoms with Crippen LogP contribution >= 0.6 is 0 Å². The zero-order valence-electron chi connectivity index (χ0n) is 15.6. The Morgan fingerprint density at radius 3 is 2.96 bits per heavy atom. The lowest BCUT2D eigenvalue weighted by Crippen LogP contribution is -2.37. The van der Waals surface area contributed by atoms with Crippen molar-refractivity contribution >= 4 is 22.8 Å². The first kappa shape index (κ1) is 15.7. The summed E-state index contributed by atoms with van der Waals surface area (Å²) in [7, 11) is 1.65. The number of aromatic nitrogens is 3. The van der Waals surface area contributed by atoms with Crippen LogP contribution in [0.3, 0.4) is 0 Å². The van der Waals surface area contributed by atoms with Crippen LogP contribution < -0.4 is 5.73 Å². The average Bonchev–Trinajstić information content (AvgIpc) is 2.94. The normalized spacial score (nSPS) is 19.7. The molecular formula is C20H17N5O2. The maximum Gasteiger partial charge on any atom is 0.267 e. The van der Waals surface area contributed by atoms with Crippen molar-refractivity contribution in [2.75, 3.05) is 19.3 Å². The molecule has 0 aliphatic carbocycles. The topological polar surface area (TPSA) is 105 Å². The first-order chi connectivity index (χ1) is 13.4. The zero-order chi connectivity index (χ0) is 19.9. The van der Waals surface area contributed by atoms with Gasteiger partial charge >= 0.3 is 0 Å². The Labute approximate surface area is 157 Å². The molecule has 27 heavy (non-hydrogen) atoms. The summed E-state index contributed by atoms with van der Waals surface area (Å²) in [5, 5.41) is 10.4. The van der Waals surface area contributed by atoms with Crippen molar-refractivity contribution in [3.63, 3.8) is 0 Å². The van der Waals surface area contributed by atoms with Gasteiger partial charge in [0.25, 0.3) is 5.91 Å². The SMILES string of the molecule is [2H]c1nc(N)c2nc(-c3cccc(C#C[C@]4(O)CCN(C)C4=O)c3)ccc2n1. The number of carbonyl (C=O) groups is 1. The van der Waals surface area contributed by atoms with Gasteiger partial charge in [-0.05, 0) is 24.3 Å². The summed E-state index contributed by atoms with van der Waals surface area (Å²) in [4.78, 5) is 25.9. The Bertz CT molecular complexity index is 1170. The number of nitrogens with two attached hydrogens (primary N) is 1. The van der Waals surface area contributed by atoms with Crippen LogP contribution in [0, 0.1) is 11.8 Å². The second-order valence-electron chi connectivity index (χ2n) is 6.44. The fourth-order valence-corrected chi connectivity index (χ4v) is 2.98. The van der Waals surface area contributed by atoms with Crippen molar-refractivity contribution in [1.82, 2.24) is 19.9 Å². The smallest absolute Gasteiger partial charge is 0.267 e. The lowest BCUT2D eigenvalue weighted by Gasteiger charge is -2.13. The van der Waals surface area contributed by atoms with Gasteiger partial charge in [0, 0.05) is 31.1 Å². The number of carbonyl (C=O) groups excluding carboxylic acids is 1. The third-order valence-corrected chi connectivity index (χ3v) is 4.54. The molecule has 0 radical (unpaired) electrons. The molecule has 3 heterocycles. The molecule has 3 N–H and O–H groups in total. The van der Waals surface area contributed by atoms with Crippen LogP contribution in [-0.4, -0.2) is 50.1 Å². The van der Waals surface area contributed by atoms with Crippen LogP contribution in [0.15, 0.2) is 42.7 Å². The summed E-state index contributed by atoms with van der Waals surface area (Å²) in [6.07, 6.45) is 0.139. The second-order valence-corrected chi connectivity index (χ2v) is 6.44. The highest BCUT2D eigenvalue weighted by Gasteiger charge is 2.42. The van der Waals surface area contributed by atoms with Gasteiger partial charge in [-0.3, -0.25) is 4.79 Å². The molecule has 0 bridgehead atoms. The molecule has 134 valence electrons. The number of hydrogen-bond donors (Lipinski definition) is 2. The van der Waals surface area contributed by atoms with Crippen LogP contribution in [0.25, 0.3) is 22.3 Å². The molecule has 1 aliphatic heterocycles. The third-order valence-electron chi connectivity index (χ3n) is 4.54. The number of fused-ring (bicyclic) bond motifs is 1. The van der Waals surface area contributed by atoms with E-state index >= 15 is 0 Å². The number of nitrogen functional groups attached to an aromatic ring is 1. The van der Waals surface area contributed by atoms with E-state index in [1.807, 2.05) is 18.2 Å². The third kappa shape index (κ3) is 3.07. The molecular weight excluding hydrogens is 342 g/mol. The highest BCUT2D eigenvalue weighted by Crippen LogP contribution is 2.24. The number of pyridine rings is 1. The van der Waals surface area contributed by atoms with Gasteiger partial charge in [-0.1, -0.05) is 24.0 Å². The molecule has 3 aromatic rings. The maximum absolute atomic E-state index is 12.0. The van der Waals surface area contributed by atoms with Gasteiger partial charge < -0.3 is 15.7 Å². The molecule has 1 atom stereocenters. The molecule has 1 aliphatic rings. The molecule has 7 heteroatoms. The number of hydrogen-bond acceptors (Lipinski definition) is 6. The standard InChI is InChI=1S/C20H17N5O2/c1-25-10-9-20(27,19(25)26)8-7-13-3-2-4-14(11-13)15-5-6-16-17(24-15)18(21)23-12-22-16/h2-6,11-12,27H,9-10H2,1H3,(H2,21,22,23)/t20-/m0/s1/i12D. The van der Waals surface area contributed by atoms with Gasteiger partial charge in [-0.15, -0.1) is 0 Å². The van der Waals surface area contributed by atoms with E-state index in [0.29, 0.717) is 35.3 Å². The zero-order valence-corrected chi connectivity index (χ0v) is 14.6. The monoisotopic (exact) mass is 360 g/mol. The summed E-state index contributed by atoms with van der Waals surface area (Å²) < 4.78 is 7.53. The van der Waals surface area contributed by atoms with Crippen molar-refractivity contribution in [3.05, 3.63) is 48.3 Å². The Kier molecular flexibility index (Phi) is 3.69. The molecule has 1 aromatic carbocycles. The van der Waals surface area contributed by atoms with Crippen LogP contribution in [0.5, 0.6) is 0 Å². The number of aliphatic hydroxyl groups is 1. The Balaban J connectivity index is 1.70. The highest BCUT2D eigenvalue weighted by atomic mass is 16.3. The molecule has 4 rings (SSSR count). The van der Waals surface area contributed by atoms with Gasteiger partial charge in [0.15, 0.2) is 5.82 Å². The Morgan fingerprint density at radius 1 is 1.33 bits per heavy atom. The van der Waals surface area contributed by atoms with E-state index in [1.165, 1.54) is 4.90 Å². The molecule has 2 aromatic heterocycles. The minimum absolute atomic E-state index is 0.151. The van der Waals surface area contributed by atoms with E-state index in [-0.39, 0.29) is 18.0 Å². The summed E-state index contributed by atoms with van der Waals surface area (Å²) in [6.45, 7) is 0.481. The highest BCUT2D eigenvalue weighted by molar-refractivity contribution is 5.90. The van der Waals surface area contributed by atoms with Gasteiger partial charge in [0.2, 0.25) is 5.60 Å². The lowest BCUT2D eigenvalue weighted by molar-refractivity contribution is -0.137. The van der Waals surface area contributed by atoms with E-state index in [2.05, 4.69) is 26.8 Å². The van der Waals surface area contributed by atoms with Crippen molar-refractivity contribution in [2.45, 2.75) is 12.0 Å². The van der Waals surface area contributed by atoms with E-state index in [1.54, 1.807) is 25.2 Å². The summed E-state index contributed by atoms with van der Waals surface area (Å²) in [5.41, 5.74) is 7.27. The fourth-order valence-electron chi connectivity index (χ4n) is 2.98. The van der Waals surface area contributed by atoms with Crippen LogP contribution in [-0.2, 0) is 4.79 Å². The number of rotatable bonds is 1. The van der Waals surface area contributed by atoms with Gasteiger partial charge in [-0.2, -0.15) is 0 Å². The van der Waals surface area contributed by atoms with E-state index in [0.717, 1.165) is 5.56 Å². The van der Waals surface area contributed by atoms with E-state index in [4.69, 9.17) is 7.10 Å². The molecule has 1 fully saturated rings. The fraction of sp³-hybridized carbons (Fsp3) is 0.200. The average molecular weight is 360 g/mol. The summed E-state index contributed by atoms with van der Waals surface area (Å²) in [6, 6.07) is 10.8. The number of likely N-dealkylation sites (tertiary alicyclic amines) is 1.